The standard InChI is InChI=1S/C21H22FN3O2S/c1-23-28(26,27)21-8-4-18(5-9-21)15-25(16-19-10-12-24-13-11-19)14-17-2-6-20(22)7-3-17/h2-13,23H,14-16H2,1H3. The zero-order chi connectivity index (χ0) is 20.0. The third kappa shape index (κ3) is 5.45. The highest BCUT2D eigenvalue weighted by Gasteiger charge is 2.12. The summed E-state index contributed by atoms with van der Waals surface area (Å²) >= 11 is 0. The number of aromatic nitrogens is 1. The first-order chi connectivity index (χ1) is 13.5. The summed E-state index contributed by atoms with van der Waals surface area (Å²) in [4.78, 5) is 6.49. The quantitative estimate of drug-likeness (QED) is 0.631. The molecule has 5 nitrogen and oxygen atoms in total. The topological polar surface area (TPSA) is 62.3 Å². The summed E-state index contributed by atoms with van der Waals surface area (Å²) in [7, 11) is -2.06. The van der Waals surface area contributed by atoms with E-state index in [1.807, 2.05) is 24.3 Å². The van der Waals surface area contributed by atoms with Gasteiger partial charge in [0.15, 0.2) is 0 Å². The van der Waals surface area contributed by atoms with Gasteiger partial charge in [0, 0.05) is 32.0 Å². The van der Waals surface area contributed by atoms with Crippen LogP contribution in [0, 0.1) is 5.82 Å². The molecule has 0 aliphatic rings. The van der Waals surface area contributed by atoms with E-state index in [0.29, 0.717) is 19.6 Å². The lowest BCUT2D eigenvalue weighted by molar-refractivity contribution is 0.247. The predicted octanol–water partition coefficient (Wildman–Crippen LogP) is 3.33. The second-order valence-corrected chi connectivity index (χ2v) is 8.37. The minimum absolute atomic E-state index is 0.234. The van der Waals surface area contributed by atoms with Crippen molar-refractivity contribution in [2.75, 3.05) is 7.05 Å². The lowest BCUT2D eigenvalue weighted by Gasteiger charge is -2.23. The molecule has 3 rings (SSSR count). The van der Waals surface area contributed by atoms with E-state index in [2.05, 4.69) is 14.6 Å². The van der Waals surface area contributed by atoms with E-state index in [-0.39, 0.29) is 10.7 Å². The summed E-state index contributed by atoms with van der Waals surface area (Å²) in [6, 6.07) is 17.2. The second kappa shape index (κ2) is 9.05. The first-order valence-corrected chi connectivity index (χ1v) is 10.3. The van der Waals surface area contributed by atoms with E-state index in [9.17, 15) is 12.8 Å². The molecule has 0 aliphatic heterocycles. The molecule has 28 heavy (non-hydrogen) atoms. The number of pyridine rings is 1. The maximum atomic E-state index is 13.2. The van der Waals surface area contributed by atoms with Crippen molar-refractivity contribution in [1.82, 2.24) is 14.6 Å². The van der Waals surface area contributed by atoms with Crippen LogP contribution < -0.4 is 4.72 Å². The molecular formula is C21H22FN3O2S. The van der Waals surface area contributed by atoms with Crippen LogP contribution in [0.5, 0.6) is 0 Å². The molecule has 3 aromatic rings. The Morgan fingerprint density at radius 1 is 0.821 bits per heavy atom. The Morgan fingerprint density at radius 3 is 1.79 bits per heavy atom. The van der Waals surface area contributed by atoms with E-state index < -0.39 is 10.0 Å². The van der Waals surface area contributed by atoms with Gasteiger partial charge in [0.05, 0.1) is 4.90 Å². The molecule has 146 valence electrons. The number of hydrogen-bond donors (Lipinski definition) is 1. The van der Waals surface area contributed by atoms with Gasteiger partial charge in [-0.2, -0.15) is 0 Å². The van der Waals surface area contributed by atoms with Crippen LogP contribution >= 0.6 is 0 Å². The van der Waals surface area contributed by atoms with Crippen molar-refractivity contribution in [3.8, 4) is 0 Å². The Bertz CT molecular complexity index is 992. The van der Waals surface area contributed by atoms with Gasteiger partial charge in [0.1, 0.15) is 5.82 Å². The van der Waals surface area contributed by atoms with Crippen LogP contribution in [0.15, 0.2) is 78.0 Å². The number of hydrogen-bond acceptors (Lipinski definition) is 4. The summed E-state index contributed by atoms with van der Waals surface area (Å²) in [5.41, 5.74) is 3.11. The second-order valence-electron chi connectivity index (χ2n) is 6.48. The van der Waals surface area contributed by atoms with Crippen LogP contribution in [-0.2, 0) is 29.7 Å². The van der Waals surface area contributed by atoms with E-state index in [1.54, 1.807) is 36.7 Å². The van der Waals surface area contributed by atoms with Crippen LogP contribution in [0.3, 0.4) is 0 Å². The predicted molar refractivity (Wildman–Crippen MR) is 106 cm³/mol. The summed E-state index contributed by atoms with van der Waals surface area (Å²) < 4.78 is 39.3. The van der Waals surface area contributed by atoms with Crippen molar-refractivity contribution in [2.45, 2.75) is 24.5 Å². The molecule has 1 heterocycles. The minimum atomic E-state index is -3.45. The lowest BCUT2D eigenvalue weighted by atomic mass is 10.1. The first-order valence-electron chi connectivity index (χ1n) is 8.84. The van der Waals surface area contributed by atoms with E-state index in [0.717, 1.165) is 16.7 Å². The molecule has 0 saturated carbocycles. The van der Waals surface area contributed by atoms with Gasteiger partial charge in [-0.1, -0.05) is 24.3 Å². The molecule has 0 amide bonds. The molecule has 0 unspecified atom stereocenters. The highest BCUT2D eigenvalue weighted by atomic mass is 32.2. The minimum Gasteiger partial charge on any atom is -0.291 e. The molecule has 2 aromatic carbocycles. The number of rotatable bonds is 8. The molecule has 0 spiro atoms. The number of sulfonamides is 1. The van der Waals surface area contributed by atoms with Crippen molar-refractivity contribution < 1.29 is 12.8 Å². The van der Waals surface area contributed by atoms with Crippen molar-refractivity contribution in [2.24, 2.45) is 0 Å². The fourth-order valence-electron chi connectivity index (χ4n) is 2.91. The van der Waals surface area contributed by atoms with Crippen molar-refractivity contribution in [1.29, 1.82) is 0 Å². The van der Waals surface area contributed by atoms with Gasteiger partial charge in [0.2, 0.25) is 10.0 Å². The fourth-order valence-corrected chi connectivity index (χ4v) is 3.64. The van der Waals surface area contributed by atoms with Crippen LogP contribution in [-0.4, -0.2) is 25.3 Å². The van der Waals surface area contributed by atoms with Gasteiger partial charge in [-0.25, -0.2) is 17.5 Å². The highest BCUT2D eigenvalue weighted by molar-refractivity contribution is 7.89. The van der Waals surface area contributed by atoms with Gasteiger partial charge in [0.25, 0.3) is 0 Å². The van der Waals surface area contributed by atoms with Gasteiger partial charge in [-0.05, 0) is 60.1 Å². The maximum absolute atomic E-state index is 13.2. The zero-order valence-corrected chi connectivity index (χ0v) is 16.4. The van der Waals surface area contributed by atoms with Crippen molar-refractivity contribution in [3.05, 3.63) is 95.6 Å². The van der Waals surface area contributed by atoms with Crippen LogP contribution in [0.4, 0.5) is 4.39 Å². The summed E-state index contributed by atoms with van der Waals surface area (Å²) in [6.45, 7) is 1.95. The first kappa shape index (κ1) is 20.1. The summed E-state index contributed by atoms with van der Waals surface area (Å²) in [5.74, 6) is -0.259. The Kier molecular flexibility index (Phi) is 6.51. The summed E-state index contributed by atoms with van der Waals surface area (Å²) in [6.07, 6.45) is 3.51. The SMILES string of the molecule is CNS(=O)(=O)c1ccc(CN(Cc2ccncc2)Cc2ccc(F)cc2)cc1. The van der Waals surface area contributed by atoms with Gasteiger partial charge in [-0.3, -0.25) is 9.88 Å². The van der Waals surface area contributed by atoms with Crippen LogP contribution in [0.2, 0.25) is 0 Å². The average Bonchev–Trinajstić information content (AvgIpc) is 2.71. The van der Waals surface area contributed by atoms with Crippen LogP contribution in [0.25, 0.3) is 0 Å². The molecule has 0 aliphatic carbocycles. The zero-order valence-electron chi connectivity index (χ0n) is 15.5. The van der Waals surface area contributed by atoms with E-state index in [1.165, 1.54) is 19.2 Å². The molecule has 0 atom stereocenters. The molecule has 0 bridgehead atoms. The monoisotopic (exact) mass is 399 g/mol. The maximum Gasteiger partial charge on any atom is 0.240 e. The number of benzene rings is 2. The largest absolute Gasteiger partial charge is 0.291 e. The van der Waals surface area contributed by atoms with E-state index in [4.69, 9.17) is 0 Å². The van der Waals surface area contributed by atoms with Gasteiger partial charge in [-0.15, -0.1) is 0 Å². The molecule has 1 N–H and O–H groups in total. The van der Waals surface area contributed by atoms with Crippen LogP contribution in [0.1, 0.15) is 16.7 Å². The normalized spacial score (nSPS) is 11.7. The van der Waals surface area contributed by atoms with Crippen molar-refractivity contribution >= 4 is 10.0 Å². The molecule has 1 aromatic heterocycles. The fraction of sp³-hybridized carbons (Fsp3) is 0.190. The third-order valence-electron chi connectivity index (χ3n) is 4.38. The Hall–Kier alpha value is -2.61. The van der Waals surface area contributed by atoms with E-state index >= 15 is 0 Å². The molecular weight excluding hydrogens is 377 g/mol. The number of nitrogens with one attached hydrogen (secondary N) is 1. The lowest BCUT2D eigenvalue weighted by Crippen LogP contribution is -2.22. The third-order valence-corrected chi connectivity index (χ3v) is 5.81. The average molecular weight is 399 g/mol. The molecule has 0 saturated heterocycles. The Labute approximate surface area is 164 Å². The summed E-state index contributed by atoms with van der Waals surface area (Å²) in [5, 5.41) is 0. The van der Waals surface area contributed by atoms with Crippen molar-refractivity contribution in [3.63, 3.8) is 0 Å². The smallest absolute Gasteiger partial charge is 0.240 e. The van der Waals surface area contributed by atoms with Gasteiger partial charge >= 0.3 is 0 Å². The Balaban J connectivity index is 1.79. The number of halogens is 1. The van der Waals surface area contributed by atoms with Gasteiger partial charge < -0.3 is 0 Å². The number of nitrogens with zero attached hydrogens (tertiary/aromatic N) is 2. The molecule has 7 heteroatoms. The molecule has 0 fully saturated rings. The highest BCUT2D eigenvalue weighted by Crippen LogP contribution is 2.16. The molecule has 0 radical (unpaired) electrons. The Morgan fingerprint density at radius 2 is 1.29 bits per heavy atom.